The lowest BCUT2D eigenvalue weighted by Crippen LogP contribution is -2.64. The Labute approximate surface area is 182 Å². The van der Waals surface area contributed by atoms with Gasteiger partial charge in [-0.05, 0) is 0 Å². The van der Waals surface area contributed by atoms with Crippen LogP contribution in [0.25, 0.3) is 0 Å². The molecule has 2 aliphatic heterocycles. The fourth-order valence-electron chi connectivity index (χ4n) is 4.09. The third kappa shape index (κ3) is 5.01. The smallest absolute Gasteiger partial charge is 0.224 e. The third-order valence-electron chi connectivity index (χ3n) is 5.35. The van der Waals surface area contributed by atoms with Gasteiger partial charge in [-0.15, -0.1) is 23.2 Å². The Hall–Kier alpha value is 0.220. The number of alkyl halides is 2. The Morgan fingerprint density at radius 2 is 1.31 bits per heavy atom. The quantitative estimate of drug-likeness (QED) is 0.417. The molecule has 0 aromatic rings. The van der Waals surface area contributed by atoms with E-state index in [-0.39, 0.29) is 18.4 Å². The van der Waals surface area contributed by atoms with E-state index in [4.69, 9.17) is 65.8 Å². The number of ether oxygens (including phenoxy) is 9. The van der Waals surface area contributed by atoms with Gasteiger partial charge >= 0.3 is 0 Å². The molecule has 0 amide bonds. The van der Waals surface area contributed by atoms with E-state index in [1.807, 2.05) is 0 Å². The van der Waals surface area contributed by atoms with E-state index in [2.05, 4.69) is 0 Å². The highest BCUT2D eigenvalue weighted by Crippen LogP contribution is 2.40. The van der Waals surface area contributed by atoms with E-state index in [1.54, 1.807) is 28.4 Å². The second-order valence-corrected chi connectivity index (χ2v) is 7.45. The first-order chi connectivity index (χ1) is 14.0. The molecule has 2 heterocycles. The molecule has 172 valence electrons. The molecular weight excluding hydrogens is 431 g/mol. The van der Waals surface area contributed by atoms with Gasteiger partial charge in [-0.2, -0.15) is 0 Å². The van der Waals surface area contributed by atoms with Gasteiger partial charge in [0.05, 0.1) is 11.8 Å². The van der Waals surface area contributed by atoms with Gasteiger partial charge < -0.3 is 42.6 Å². The topological polar surface area (TPSA) is 83.1 Å². The monoisotopic (exact) mass is 462 g/mol. The van der Waals surface area contributed by atoms with Crippen LogP contribution in [0.1, 0.15) is 0 Å². The number of hydrogen-bond acceptors (Lipinski definition) is 9. The van der Waals surface area contributed by atoms with E-state index >= 15 is 0 Å². The van der Waals surface area contributed by atoms with Gasteiger partial charge in [0.2, 0.25) is 5.79 Å². The minimum atomic E-state index is -1.35. The summed E-state index contributed by atoms with van der Waals surface area (Å²) < 4.78 is 52.1. The van der Waals surface area contributed by atoms with Gasteiger partial charge in [-0.3, -0.25) is 0 Å². The summed E-state index contributed by atoms with van der Waals surface area (Å²) in [5.74, 6) is -0.991. The van der Waals surface area contributed by atoms with E-state index in [0.717, 1.165) is 0 Å². The molecular formula is C18H32Cl2O9. The van der Waals surface area contributed by atoms with Crippen LogP contribution in [0.4, 0.5) is 0 Å². The van der Waals surface area contributed by atoms with Gasteiger partial charge in [0, 0.05) is 42.7 Å². The Kier molecular flexibility index (Phi) is 10.3. The zero-order chi connectivity index (χ0) is 21.6. The molecule has 0 aromatic carbocycles. The van der Waals surface area contributed by atoms with E-state index < -0.39 is 54.8 Å². The van der Waals surface area contributed by atoms with Crippen LogP contribution >= 0.6 is 23.2 Å². The van der Waals surface area contributed by atoms with Crippen LogP contribution in [0.2, 0.25) is 0 Å². The average molecular weight is 463 g/mol. The highest BCUT2D eigenvalue weighted by atomic mass is 35.5. The molecule has 0 unspecified atom stereocenters. The lowest BCUT2D eigenvalue weighted by molar-refractivity contribution is -0.385. The van der Waals surface area contributed by atoms with Crippen molar-refractivity contribution in [3.63, 3.8) is 0 Å². The van der Waals surface area contributed by atoms with Gasteiger partial charge in [-0.1, -0.05) is 0 Å². The van der Waals surface area contributed by atoms with Crippen molar-refractivity contribution in [2.75, 3.05) is 61.0 Å². The number of hydrogen-bond donors (Lipinski definition) is 0. The summed E-state index contributed by atoms with van der Waals surface area (Å²) in [6.45, 7) is 0.0476. The Bertz CT molecular complexity index is 488. The molecule has 0 bridgehead atoms. The molecule has 0 aliphatic carbocycles. The highest BCUT2D eigenvalue weighted by molar-refractivity contribution is 6.18. The molecule has 2 fully saturated rings. The molecule has 2 rings (SSSR count). The van der Waals surface area contributed by atoms with Crippen molar-refractivity contribution in [2.24, 2.45) is 0 Å². The number of rotatable bonds is 11. The molecule has 9 nitrogen and oxygen atoms in total. The van der Waals surface area contributed by atoms with Crippen LogP contribution in [-0.4, -0.2) is 116 Å². The van der Waals surface area contributed by atoms with Crippen molar-refractivity contribution < 1.29 is 42.6 Å². The van der Waals surface area contributed by atoms with Crippen molar-refractivity contribution in [3.8, 4) is 0 Å². The number of methoxy groups -OCH3 is 6. The maximum Gasteiger partial charge on any atom is 0.224 e. The minimum Gasteiger partial charge on any atom is -0.379 e. The summed E-state index contributed by atoms with van der Waals surface area (Å²) in [6.07, 6.45) is -4.52. The molecule has 11 heteroatoms. The second kappa shape index (κ2) is 11.7. The van der Waals surface area contributed by atoms with Crippen molar-refractivity contribution in [1.29, 1.82) is 0 Å². The van der Waals surface area contributed by atoms with Crippen molar-refractivity contribution in [2.45, 2.75) is 54.8 Å². The summed E-state index contributed by atoms with van der Waals surface area (Å²) >= 11 is 12.2. The number of halogens is 2. The Morgan fingerprint density at radius 3 is 1.76 bits per heavy atom. The zero-order valence-electron chi connectivity index (χ0n) is 17.7. The maximum absolute atomic E-state index is 6.36. The summed E-state index contributed by atoms with van der Waals surface area (Å²) in [4.78, 5) is 0. The SMILES string of the molecule is COC[C@@]1(O[C@H]2O[C@H](CCl)[C@@H](OC)[C@H](OC)[C@H]2OC)O[C@H](CCl)[C@@H](OC)[C@@H]1OC. The van der Waals surface area contributed by atoms with E-state index in [1.165, 1.54) is 14.2 Å². The minimum absolute atomic E-state index is 0.0476. The van der Waals surface area contributed by atoms with E-state index in [0.29, 0.717) is 0 Å². The summed E-state index contributed by atoms with van der Waals surface area (Å²) in [5, 5.41) is 0. The average Bonchev–Trinajstić information content (AvgIpc) is 3.04. The molecule has 0 saturated carbocycles. The van der Waals surface area contributed by atoms with Crippen LogP contribution in [0.3, 0.4) is 0 Å². The fourth-order valence-corrected chi connectivity index (χ4v) is 4.57. The molecule has 0 aromatic heterocycles. The van der Waals surface area contributed by atoms with Crippen LogP contribution in [-0.2, 0) is 42.6 Å². The lowest BCUT2D eigenvalue weighted by Gasteiger charge is -2.47. The molecule has 2 saturated heterocycles. The molecule has 0 spiro atoms. The van der Waals surface area contributed by atoms with Gasteiger partial charge in [-0.25, -0.2) is 0 Å². The molecule has 9 atom stereocenters. The third-order valence-corrected chi connectivity index (χ3v) is 5.96. The van der Waals surface area contributed by atoms with Crippen LogP contribution in [0, 0.1) is 0 Å². The highest BCUT2D eigenvalue weighted by Gasteiger charge is 2.60. The fraction of sp³-hybridized carbons (Fsp3) is 1.00. The van der Waals surface area contributed by atoms with E-state index in [9.17, 15) is 0 Å². The Balaban J connectivity index is 2.37. The first kappa shape index (κ1) is 25.5. The van der Waals surface area contributed by atoms with Crippen LogP contribution in [0.15, 0.2) is 0 Å². The van der Waals surface area contributed by atoms with Gasteiger partial charge in [0.15, 0.2) is 6.29 Å². The van der Waals surface area contributed by atoms with Crippen molar-refractivity contribution >= 4 is 23.2 Å². The summed E-state index contributed by atoms with van der Waals surface area (Å²) in [6, 6.07) is 0. The van der Waals surface area contributed by atoms with Gasteiger partial charge in [0.1, 0.15) is 49.3 Å². The maximum atomic E-state index is 6.36. The second-order valence-electron chi connectivity index (χ2n) is 6.83. The first-order valence-corrected chi connectivity index (χ1v) is 10.3. The molecule has 0 radical (unpaired) electrons. The van der Waals surface area contributed by atoms with Gasteiger partial charge in [0.25, 0.3) is 0 Å². The zero-order valence-corrected chi connectivity index (χ0v) is 19.2. The first-order valence-electron chi connectivity index (χ1n) is 9.26. The standard InChI is InChI=1S/C18H32Cl2O9/c1-21-9-18(16(26-6)13(23-3)11(8-20)28-18)29-17-15(25-5)14(24-4)12(22-2)10(7-19)27-17/h10-17H,7-9H2,1-6H3/t10-,11-,12-,13-,14+,15-,16+,17-,18+/m1/s1. The summed E-state index contributed by atoms with van der Waals surface area (Å²) in [5.41, 5.74) is 0. The van der Waals surface area contributed by atoms with Crippen LogP contribution < -0.4 is 0 Å². The van der Waals surface area contributed by atoms with Crippen LogP contribution in [0.5, 0.6) is 0 Å². The van der Waals surface area contributed by atoms with Crippen molar-refractivity contribution in [1.82, 2.24) is 0 Å². The predicted molar refractivity (Wildman–Crippen MR) is 105 cm³/mol. The molecule has 2 aliphatic rings. The Morgan fingerprint density at radius 1 is 0.724 bits per heavy atom. The summed E-state index contributed by atoms with van der Waals surface area (Å²) in [7, 11) is 9.31. The largest absolute Gasteiger partial charge is 0.379 e. The predicted octanol–water partition coefficient (Wildman–Crippen LogP) is 1.02. The molecule has 29 heavy (non-hydrogen) atoms. The van der Waals surface area contributed by atoms with Crippen molar-refractivity contribution in [3.05, 3.63) is 0 Å². The molecule has 0 N–H and O–H groups in total. The normalized spacial score (nSPS) is 43.0. The lowest BCUT2D eigenvalue weighted by atomic mass is 9.98.